The van der Waals surface area contributed by atoms with Crippen LogP contribution < -0.4 is 10.5 Å². The summed E-state index contributed by atoms with van der Waals surface area (Å²) < 4.78 is 1.49. The first kappa shape index (κ1) is 15.0. The highest BCUT2D eigenvalue weighted by Gasteiger charge is 2.06. The van der Waals surface area contributed by atoms with Gasteiger partial charge in [-0.3, -0.25) is 9.78 Å². The first-order chi connectivity index (χ1) is 11.2. The summed E-state index contributed by atoms with van der Waals surface area (Å²) in [6.07, 6.45) is 1.72. The number of nitrogens with zero attached hydrogens (tertiary/aromatic N) is 4. The zero-order valence-corrected chi connectivity index (χ0v) is 13.0. The largest absolute Gasteiger partial charge is 0.373 e. The average Bonchev–Trinajstić information content (AvgIpc) is 2.62. The Morgan fingerprint density at radius 1 is 0.957 bits per heavy atom. The van der Waals surface area contributed by atoms with Gasteiger partial charge in [0.2, 0.25) is 0 Å². The molecule has 0 N–H and O–H groups in total. The zero-order chi connectivity index (χ0) is 16.1. The number of aromatic nitrogens is 3. The Kier molecular flexibility index (Phi) is 4.47. The van der Waals surface area contributed by atoms with E-state index in [1.54, 1.807) is 18.3 Å². The predicted molar refractivity (Wildman–Crippen MR) is 91.4 cm³/mol. The van der Waals surface area contributed by atoms with E-state index in [4.69, 9.17) is 0 Å². The Bertz CT molecular complexity index is 815. The lowest BCUT2D eigenvalue weighted by molar-refractivity contribution is 0.579. The maximum atomic E-state index is 12.0. The maximum absolute atomic E-state index is 12.0. The molecule has 0 bridgehead atoms. The molecule has 0 amide bonds. The fourth-order valence-electron chi connectivity index (χ4n) is 2.32. The van der Waals surface area contributed by atoms with Gasteiger partial charge in [-0.1, -0.05) is 24.3 Å². The van der Waals surface area contributed by atoms with E-state index >= 15 is 0 Å². The molecule has 0 aliphatic heterocycles. The smallest absolute Gasteiger partial charge is 0.266 e. The molecule has 0 spiro atoms. The van der Waals surface area contributed by atoms with Crippen LogP contribution in [0.1, 0.15) is 0 Å². The Morgan fingerprint density at radius 3 is 2.48 bits per heavy atom. The van der Waals surface area contributed by atoms with Crippen molar-refractivity contribution in [3.05, 3.63) is 77.2 Å². The van der Waals surface area contributed by atoms with E-state index in [2.05, 4.69) is 15.0 Å². The molecular weight excluding hydrogens is 288 g/mol. The summed E-state index contributed by atoms with van der Waals surface area (Å²) in [6, 6.07) is 19.0. The van der Waals surface area contributed by atoms with Gasteiger partial charge in [0.25, 0.3) is 5.56 Å². The van der Waals surface area contributed by atoms with Crippen molar-refractivity contribution in [2.45, 2.75) is 6.54 Å². The van der Waals surface area contributed by atoms with Crippen molar-refractivity contribution < 1.29 is 0 Å². The van der Waals surface area contributed by atoms with Crippen LogP contribution in [0.2, 0.25) is 0 Å². The van der Waals surface area contributed by atoms with Crippen LogP contribution in [0.4, 0.5) is 5.69 Å². The van der Waals surface area contributed by atoms with Gasteiger partial charge in [0.1, 0.15) is 5.69 Å². The second-order valence-electron chi connectivity index (χ2n) is 5.25. The molecule has 0 unspecified atom stereocenters. The van der Waals surface area contributed by atoms with Crippen LogP contribution in [0.5, 0.6) is 0 Å². The molecular formula is C18H18N4O. The normalized spacial score (nSPS) is 10.5. The monoisotopic (exact) mass is 306 g/mol. The van der Waals surface area contributed by atoms with Gasteiger partial charge in [-0.05, 0) is 30.3 Å². The summed E-state index contributed by atoms with van der Waals surface area (Å²) in [6.45, 7) is 1.22. The van der Waals surface area contributed by atoms with Crippen molar-refractivity contribution >= 4 is 5.69 Å². The molecule has 0 saturated heterocycles. The minimum absolute atomic E-state index is 0.105. The molecule has 5 heteroatoms. The molecule has 23 heavy (non-hydrogen) atoms. The molecule has 1 aromatic carbocycles. The van der Waals surface area contributed by atoms with Gasteiger partial charge in [-0.15, -0.1) is 0 Å². The van der Waals surface area contributed by atoms with Gasteiger partial charge in [-0.2, -0.15) is 5.10 Å². The molecule has 2 heterocycles. The van der Waals surface area contributed by atoms with E-state index in [1.807, 2.05) is 55.6 Å². The molecule has 0 aliphatic rings. The lowest BCUT2D eigenvalue weighted by Gasteiger charge is -2.19. The van der Waals surface area contributed by atoms with E-state index < -0.39 is 0 Å². The van der Waals surface area contributed by atoms with E-state index in [0.717, 1.165) is 11.4 Å². The van der Waals surface area contributed by atoms with Crippen LogP contribution >= 0.6 is 0 Å². The highest BCUT2D eigenvalue weighted by Crippen LogP contribution is 2.12. The van der Waals surface area contributed by atoms with Gasteiger partial charge in [0.05, 0.1) is 12.2 Å². The minimum atomic E-state index is -0.105. The highest BCUT2D eigenvalue weighted by molar-refractivity contribution is 5.52. The molecule has 0 atom stereocenters. The number of anilines is 1. The quantitative estimate of drug-likeness (QED) is 0.726. The fourth-order valence-corrected chi connectivity index (χ4v) is 2.32. The topological polar surface area (TPSA) is 51.0 Å². The molecule has 3 aromatic rings. The van der Waals surface area contributed by atoms with Crippen LogP contribution in [-0.4, -0.2) is 28.4 Å². The number of pyridine rings is 1. The van der Waals surface area contributed by atoms with Crippen LogP contribution in [0.15, 0.2) is 71.7 Å². The Hall–Kier alpha value is -2.95. The molecule has 0 saturated carbocycles. The van der Waals surface area contributed by atoms with Crippen LogP contribution in [0, 0.1) is 0 Å². The average molecular weight is 306 g/mol. The second kappa shape index (κ2) is 6.87. The Morgan fingerprint density at radius 2 is 1.74 bits per heavy atom. The second-order valence-corrected chi connectivity index (χ2v) is 5.25. The minimum Gasteiger partial charge on any atom is -0.373 e. The molecule has 5 nitrogen and oxygen atoms in total. The summed E-state index contributed by atoms with van der Waals surface area (Å²) in [7, 11) is 2.00. The van der Waals surface area contributed by atoms with Crippen LogP contribution in [-0.2, 0) is 6.54 Å². The number of hydrogen-bond donors (Lipinski definition) is 0. The van der Waals surface area contributed by atoms with Gasteiger partial charge in [0, 0.05) is 31.5 Å². The van der Waals surface area contributed by atoms with Crippen LogP contribution in [0.25, 0.3) is 11.4 Å². The lowest BCUT2D eigenvalue weighted by Crippen LogP contribution is -2.29. The van der Waals surface area contributed by atoms with Crippen molar-refractivity contribution in [2.24, 2.45) is 0 Å². The van der Waals surface area contributed by atoms with Gasteiger partial charge >= 0.3 is 0 Å². The molecule has 0 fully saturated rings. The van der Waals surface area contributed by atoms with E-state index in [1.165, 1.54) is 4.68 Å². The van der Waals surface area contributed by atoms with Crippen molar-refractivity contribution in [1.29, 1.82) is 0 Å². The fraction of sp³-hybridized carbons (Fsp3) is 0.167. The molecule has 0 radical (unpaired) electrons. The first-order valence-corrected chi connectivity index (χ1v) is 7.50. The molecule has 2 aromatic heterocycles. The summed E-state index contributed by atoms with van der Waals surface area (Å²) in [5.74, 6) is 0. The lowest BCUT2D eigenvalue weighted by atomic mass is 10.2. The van der Waals surface area contributed by atoms with Gasteiger partial charge in [0.15, 0.2) is 0 Å². The predicted octanol–water partition coefficient (Wildman–Crippen LogP) is 2.44. The summed E-state index contributed by atoms with van der Waals surface area (Å²) in [5, 5.41) is 4.42. The standard InChI is InChI=1S/C18H18N4O/c1-21(15-7-3-2-4-8-15)13-14-22-18(23)11-10-17(20-22)16-9-5-6-12-19-16/h2-12H,13-14H2,1H3. The first-order valence-electron chi connectivity index (χ1n) is 7.50. The third-order valence-electron chi connectivity index (χ3n) is 3.64. The highest BCUT2D eigenvalue weighted by atomic mass is 16.1. The summed E-state index contributed by atoms with van der Waals surface area (Å²) >= 11 is 0. The third kappa shape index (κ3) is 3.63. The number of hydrogen-bond acceptors (Lipinski definition) is 4. The summed E-state index contributed by atoms with van der Waals surface area (Å²) in [5.41, 5.74) is 2.47. The van der Waals surface area contributed by atoms with Crippen molar-refractivity contribution in [3.63, 3.8) is 0 Å². The van der Waals surface area contributed by atoms with Crippen molar-refractivity contribution in [2.75, 3.05) is 18.5 Å². The van der Waals surface area contributed by atoms with Gasteiger partial charge < -0.3 is 4.90 Å². The number of likely N-dealkylation sites (N-methyl/N-ethyl adjacent to an activating group) is 1. The Balaban J connectivity index is 1.77. The molecule has 0 aliphatic carbocycles. The van der Waals surface area contributed by atoms with Crippen LogP contribution in [0.3, 0.4) is 0 Å². The SMILES string of the molecule is CN(CCn1nc(-c2ccccn2)ccc1=O)c1ccccc1. The number of benzene rings is 1. The van der Waals surface area contributed by atoms with Crippen molar-refractivity contribution in [1.82, 2.24) is 14.8 Å². The zero-order valence-electron chi connectivity index (χ0n) is 13.0. The van der Waals surface area contributed by atoms with E-state index in [-0.39, 0.29) is 5.56 Å². The van der Waals surface area contributed by atoms with E-state index in [0.29, 0.717) is 18.8 Å². The third-order valence-corrected chi connectivity index (χ3v) is 3.64. The van der Waals surface area contributed by atoms with Crippen molar-refractivity contribution in [3.8, 4) is 11.4 Å². The van der Waals surface area contributed by atoms with E-state index in [9.17, 15) is 4.79 Å². The Labute approximate surface area is 134 Å². The van der Waals surface area contributed by atoms with Gasteiger partial charge in [-0.25, -0.2) is 4.68 Å². The maximum Gasteiger partial charge on any atom is 0.266 e. The molecule has 116 valence electrons. The number of para-hydroxylation sites is 1. The summed E-state index contributed by atoms with van der Waals surface area (Å²) in [4.78, 5) is 18.4. The number of rotatable bonds is 5. The molecule has 3 rings (SSSR count).